The molecule has 1 N–H and O–H groups in total. The van der Waals surface area contributed by atoms with Crippen LogP contribution in [-0.2, 0) is 52.5 Å². The largest absolute Gasteiger partial charge is 0.478 e. The predicted octanol–water partition coefficient (Wildman–Crippen LogP) is 1.31. The first kappa shape index (κ1) is 29.8. The van der Waals surface area contributed by atoms with E-state index in [0.717, 1.165) is 0 Å². The Morgan fingerprint density at radius 2 is 0.970 bits per heavy atom. The van der Waals surface area contributed by atoms with Gasteiger partial charge in [-0.2, -0.15) is 0 Å². The molecular weight excluding hydrogens is 444 g/mol. The van der Waals surface area contributed by atoms with Gasteiger partial charge >= 0.3 is 35.8 Å². The van der Waals surface area contributed by atoms with Gasteiger partial charge in [0.05, 0.1) is 0 Å². The lowest BCUT2D eigenvalue weighted by molar-refractivity contribution is -0.208. The van der Waals surface area contributed by atoms with Crippen molar-refractivity contribution in [2.75, 3.05) is 6.61 Å². The highest BCUT2D eigenvalue weighted by Gasteiger charge is 2.47. The molecule has 0 aromatic rings. The minimum atomic E-state index is -2.10. The lowest BCUT2D eigenvalue weighted by atomic mass is 10.0. The van der Waals surface area contributed by atoms with E-state index in [1.165, 1.54) is 34.6 Å². The minimum Gasteiger partial charge on any atom is -0.478 e. The predicted molar refractivity (Wildman–Crippen MR) is 110 cm³/mol. The third-order valence-electron chi connectivity index (χ3n) is 4.16. The molecule has 0 fully saturated rings. The monoisotopic (exact) mass is 476 g/mol. The molecule has 0 rings (SSSR count). The SMILES string of the molecule is CCC(=O)OCC(OC(=O)CC)C(OC(=O)CC)C(OC(=O)CC)C(OC(=O)CC)C(=O)O. The number of rotatable bonds is 15. The number of hydrogen-bond donors (Lipinski definition) is 1. The lowest BCUT2D eigenvalue weighted by Crippen LogP contribution is -2.55. The second-order valence-electron chi connectivity index (χ2n) is 6.64. The minimum absolute atomic E-state index is 0.0199. The van der Waals surface area contributed by atoms with Crippen LogP contribution in [0.15, 0.2) is 0 Å². The first-order valence-electron chi connectivity index (χ1n) is 10.7. The number of carbonyl (C=O) groups is 6. The summed E-state index contributed by atoms with van der Waals surface area (Å²) in [7, 11) is 0. The fraction of sp³-hybridized carbons (Fsp3) is 0.714. The van der Waals surface area contributed by atoms with Gasteiger partial charge in [-0.05, 0) is 0 Å². The van der Waals surface area contributed by atoms with Gasteiger partial charge in [0.15, 0.2) is 18.3 Å². The molecule has 0 aliphatic rings. The smallest absolute Gasteiger partial charge is 0.349 e. The third kappa shape index (κ3) is 10.8. The Balaban J connectivity index is 6.50. The van der Waals surface area contributed by atoms with Gasteiger partial charge < -0.3 is 28.8 Å². The molecule has 33 heavy (non-hydrogen) atoms. The van der Waals surface area contributed by atoms with Gasteiger partial charge in [0, 0.05) is 32.1 Å². The molecule has 0 aliphatic carbocycles. The molecule has 12 heteroatoms. The molecule has 0 aliphatic heterocycles. The van der Waals surface area contributed by atoms with Gasteiger partial charge in [0.25, 0.3) is 0 Å². The highest BCUT2D eigenvalue weighted by atomic mass is 16.6. The Kier molecular flexibility index (Phi) is 14.1. The summed E-state index contributed by atoms with van der Waals surface area (Å²) in [5.74, 6) is -5.86. The summed E-state index contributed by atoms with van der Waals surface area (Å²) in [6, 6.07) is 0. The molecule has 0 aromatic carbocycles. The fourth-order valence-electron chi connectivity index (χ4n) is 2.33. The van der Waals surface area contributed by atoms with Crippen molar-refractivity contribution >= 4 is 35.8 Å². The van der Waals surface area contributed by atoms with Crippen LogP contribution >= 0.6 is 0 Å². The number of hydrogen-bond acceptors (Lipinski definition) is 11. The average Bonchev–Trinajstić information content (AvgIpc) is 2.81. The Hall–Kier alpha value is -3.18. The van der Waals surface area contributed by atoms with Crippen molar-refractivity contribution in [3.05, 3.63) is 0 Å². The number of carboxylic acid groups (broad SMARTS) is 1. The van der Waals surface area contributed by atoms with E-state index in [0.29, 0.717) is 0 Å². The summed E-state index contributed by atoms with van der Waals surface area (Å²) in [5.41, 5.74) is 0. The third-order valence-corrected chi connectivity index (χ3v) is 4.16. The standard InChI is InChI=1S/C21H32O12/c1-6-13(22)29-11-12(30-14(23)7-2)18(31-15(24)8-3)19(32-16(25)9-4)20(21(27)28)33-17(26)10-5/h12,18-20H,6-11H2,1-5H3,(H,27,28). The maximum Gasteiger partial charge on any atom is 0.349 e. The molecule has 0 heterocycles. The zero-order valence-corrected chi connectivity index (χ0v) is 19.5. The van der Waals surface area contributed by atoms with Crippen molar-refractivity contribution in [2.24, 2.45) is 0 Å². The van der Waals surface area contributed by atoms with Crippen molar-refractivity contribution in [1.82, 2.24) is 0 Å². The number of carboxylic acids is 1. The van der Waals surface area contributed by atoms with Crippen molar-refractivity contribution in [2.45, 2.75) is 91.1 Å². The van der Waals surface area contributed by atoms with Crippen LogP contribution in [0.3, 0.4) is 0 Å². The zero-order valence-electron chi connectivity index (χ0n) is 19.5. The second-order valence-corrected chi connectivity index (χ2v) is 6.64. The molecule has 0 spiro atoms. The normalized spacial score (nSPS) is 14.1. The molecule has 0 aromatic heterocycles. The maximum absolute atomic E-state index is 12.1. The van der Waals surface area contributed by atoms with Crippen LogP contribution in [0.4, 0.5) is 0 Å². The van der Waals surface area contributed by atoms with Crippen LogP contribution < -0.4 is 0 Å². The van der Waals surface area contributed by atoms with E-state index in [1.54, 1.807) is 0 Å². The summed E-state index contributed by atoms with van der Waals surface area (Å²) < 4.78 is 25.7. The summed E-state index contributed by atoms with van der Waals surface area (Å²) in [5, 5.41) is 9.68. The molecule has 0 saturated carbocycles. The summed E-state index contributed by atoms with van der Waals surface area (Å²) >= 11 is 0. The summed E-state index contributed by atoms with van der Waals surface area (Å²) in [4.78, 5) is 71.7. The van der Waals surface area contributed by atoms with E-state index in [1.807, 2.05) is 0 Å². The highest BCUT2D eigenvalue weighted by Crippen LogP contribution is 2.22. The second kappa shape index (κ2) is 15.6. The molecule has 0 radical (unpaired) electrons. The van der Waals surface area contributed by atoms with E-state index in [9.17, 15) is 33.9 Å². The van der Waals surface area contributed by atoms with Gasteiger partial charge in [0.1, 0.15) is 6.61 Å². The van der Waals surface area contributed by atoms with Crippen molar-refractivity contribution in [1.29, 1.82) is 0 Å². The van der Waals surface area contributed by atoms with Crippen LogP contribution in [0.1, 0.15) is 66.7 Å². The Morgan fingerprint density at radius 1 is 0.576 bits per heavy atom. The number of esters is 5. The molecule has 0 bridgehead atoms. The van der Waals surface area contributed by atoms with Crippen LogP contribution in [0.2, 0.25) is 0 Å². The van der Waals surface area contributed by atoms with Crippen LogP contribution in [0, 0.1) is 0 Å². The average molecular weight is 476 g/mol. The number of aliphatic carboxylic acids is 1. The quantitative estimate of drug-likeness (QED) is 0.266. The van der Waals surface area contributed by atoms with Crippen LogP contribution in [0.5, 0.6) is 0 Å². The van der Waals surface area contributed by atoms with Gasteiger partial charge in [0.2, 0.25) is 6.10 Å². The molecule has 12 nitrogen and oxygen atoms in total. The first-order valence-corrected chi connectivity index (χ1v) is 10.7. The van der Waals surface area contributed by atoms with Gasteiger partial charge in [-0.1, -0.05) is 34.6 Å². The molecular formula is C21H32O12. The summed E-state index contributed by atoms with van der Waals surface area (Å²) in [6.07, 6.45) is -8.01. The van der Waals surface area contributed by atoms with Crippen molar-refractivity contribution < 1.29 is 57.6 Å². The van der Waals surface area contributed by atoms with Crippen LogP contribution in [-0.4, -0.2) is 71.9 Å². The van der Waals surface area contributed by atoms with Gasteiger partial charge in [-0.25, -0.2) is 4.79 Å². The Labute approximate surface area is 191 Å². The fourth-order valence-corrected chi connectivity index (χ4v) is 2.33. The van der Waals surface area contributed by atoms with Crippen molar-refractivity contribution in [3.8, 4) is 0 Å². The van der Waals surface area contributed by atoms with E-state index in [-0.39, 0.29) is 32.1 Å². The molecule has 4 atom stereocenters. The maximum atomic E-state index is 12.1. The Bertz CT molecular complexity index is 701. The van der Waals surface area contributed by atoms with Gasteiger partial charge in [-0.3, -0.25) is 24.0 Å². The van der Waals surface area contributed by atoms with E-state index >= 15 is 0 Å². The highest BCUT2D eigenvalue weighted by molar-refractivity contribution is 5.79. The van der Waals surface area contributed by atoms with E-state index < -0.39 is 66.8 Å². The lowest BCUT2D eigenvalue weighted by Gasteiger charge is -2.34. The summed E-state index contributed by atoms with van der Waals surface area (Å²) in [6.45, 7) is 6.65. The molecule has 188 valence electrons. The Morgan fingerprint density at radius 3 is 1.39 bits per heavy atom. The topological polar surface area (TPSA) is 169 Å². The first-order chi connectivity index (χ1) is 15.5. The van der Waals surface area contributed by atoms with Crippen molar-refractivity contribution in [3.63, 3.8) is 0 Å². The number of ether oxygens (including phenoxy) is 5. The molecule has 0 amide bonds. The van der Waals surface area contributed by atoms with E-state index in [2.05, 4.69) is 0 Å². The van der Waals surface area contributed by atoms with Gasteiger partial charge in [-0.15, -0.1) is 0 Å². The zero-order chi connectivity index (χ0) is 25.6. The van der Waals surface area contributed by atoms with E-state index in [4.69, 9.17) is 23.7 Å². The van der Waals surface area contributed by atoms with Crippen LogP contribution in [0.25, 0.3) is 0 Å². The molecule has 0 saturated heterocycles. The number of carbonyl (C=O) groups excluding carboxylic acids is 5. The molecule has 4 unspecified atom stereocenters.